The molecule has 2 fully saturated rings. The van der Waals surface area contributed by atoms with E-state index in [1.807, 2.05) is 30.6 Å². The lowest BCUT2D eigenvalue weighted by Crippen LogP contribution is -2.47. The van der Waals surface area contributed by atoms with Gasteiger partial charge in [0.2, 0.25) is 11.8 Å². The fourth-order valence-corrected chi connectivity index (χ4v) is 3.18. The molecule has 0 bridgehead atoms. The van der Waals surface area contributed by atoms with E-state index >= 15 is 0 Å². The summed E-state index contributed by atoms with van der Waals surface area (Å²) in [6, 6.07) is 0.333. The molecule has 2 heterocycles. The summed E-state index contributed by atoms with van der Waals surface area (Å²) in [5, 5.41) is 0. The maximum absolute atomic E-state index is 12.6. The topological polar surface area (TPSA) is 40.6 Å². The molecule has 19 heavy (non-hydrogen) atoms. The van der Waals surface area contributed by atoms with Gasteiger partial charge in [0.25, 0.3) is 0 Å². The summed E-state index contributed by atoms with van der Waals surface area (Å²) < 4.78 is 0. The van der Waals surface area contributed by atoms with Gasteiger partial charge < -0.3 is 9.80 Å². The monoisotopic (exact) mass is 266 g/mol. The molecule has 0 aliphatic carbocycles. The minimum absolute atomic E-state index is 0.121. The summed E-state index contributed by atoms with van der Waals surface area (Å²) in [5.41, 5.74) is -0.181. The van der Waals surface area contributed by atoms with Crippen LogP contribution in [0.2, 0.25) is 0 Å². The smallest absolute Gasteiger partial charge is 0.228 e. The summed E-state index contributed by atoms with van der Waals surface area (Å²) in [6.45, 7) is 9.66. The lowest BCUT2D eigenvalue weighted by molar-refractivity contribution is -0.139. The first kappa shape index (κ1) is 14.4. The van der Waals surface area contributed by atoms with Crippen molar-refractivity contribution >= 4 is 11.8 Å². The van der Waals surface area contributed by atoms with Crippen LogP contribution in [0.4, 0.5) is 0 Å². The molecule has 0 unspecified atom stereocenters. The molecule has 2 aliphatic rings. The van der Waals surface area contributed by atoms with Crippen molar-refractivity contribution in [3.63, 3.8) is 0 Å². The van der Waals surface area contributed by atoms with Crippen molar-refractivity contribution in [2.75, 3.05) is 13.1 Å². The Balaban J connectivity index is 2.03. The highest BCUT2D eigenvalue weighted by Gasteiger charge is 2.41. The Kier molecular flexibility index (Phi) is 3.88. The van der Waals surface area contributed by atoms with Crippen LogP contribution in [0.1, 0.15) is 53.4 Å². The molecule has 4 heteroatoms. The molecule has 0 aromatic heterocycles. The van der Waals surface area contributed by atoms with Crippen LogP contribution in [0, 0.1) is 5.92 Å². The number of amides is 2. The summed E-state index contributed by atoms with van der Waals surface area (Å²) in [4.78, 5) is 28.5. The van der Waals surface area contributed by atoms with E-state index in [0.29, 0.717) is 19.0 Å². The predicted octanol–water partition coefficient (Wildman–Crippen LogP) is 2.03. The predicted molar refractivity (Wildman–Crippen MR) is 74.6 cm³/mol. The molecular formula is C15H26N2O2. The Morgan fingerprint density at radius 2 is 1.95 bits per heavy atom. The molecule has 0 radical (unpaired) electrons. The van der Waals surface area contributed by atoms with Gasteiger partial charge in [-0.3, -0.25) is 9.59 Å². The molecule has 0 spiro atoms. The quantitative estimate of drug-likeness (QED) is 0.728. The van der Waals surface area contributed by atoms with Crippen LogP contribution in [0.3, 0.4) is 0 Å². The number of hydrogen-bond donors (Lipinski definition) is 0. The average Bonchev–Trinajstić information content (AvgIpc) is 2.71. The van der Waals surface area contributed by atoms with Crippen molar-refractivity contribution in [1.82, 2.24) is 9.80 Å². The number of carbonyl (C=O) groups is 2. The van der Waals surface area contributed by atoms with Crippen LogP contribution in [0.25, 0.3) is 0 Å². The Labute approximate surface area is 116 Å². The van der Waals surface area contributed by atoms with Crippen LogP contribution in [0.15, 0.2) is 0 Å². The van der Waals surface area contributed by atoms with Crippen molar-refractivity contribution in [2.45, 2.75) is 65.0 Å². The van der Waals surface area contributed by atoms with Gasteiger partial charge in [-0.25, -0.2) is 0 Å². The average molecular weight is 266 g/mol. The second kappa shape index (κ2) is 5.14. The molecule has 2 rings (SSSR count). The first-order valence-corrected chi connectivity index (χ1v) is 7.41. The summed E-state index contributed by atoms with van der Waals surface area (Å²) in [6.07, 6.45) is 3.79. The lowest BCUT2D eigenvalue weighted by atomic mass is 9.99. The third-order valence-electron chi connectivity index (χ3n) is 4.37. The van der Waals surface area contributed by atoms with Gasteiger partial charge >= 0.3 is 0 Å². The van der Waals surface area contributed by atoms with E-state index < -0.39 is 0 Å². The summed E-state index contributed by atoms with van der Waals surface area (Å²) in [7, 11) is 0. The van der Waals surface area contributed by atoms with E-state index in [9.17, 15) is 9.59 Å². The van der Waals surface area contributed by atoms with Crippen molar-refractivity contribution in [2.24, 2.45) is 5.92 Å². The summed E-state index contributed by atoms with van der Waals surface area (Å²) >= 11 is 0. The number of likely N-dealkylation sites (tertiary alicyclic amines) is 2. The van der Waals surface area contributed by atoms with Crippen LogP contribution < -0.4 is 0 Å². The number of rotatable bonds is 1. The molecule has 0 saturated carbocycles. The van der Waals surface area contributed by atoms with E-state index in [1.165, 1.54) is 6.42 Å². The maximum atomic E-state index is 12.6. The Bertz CT molecular complexity index is 373. The second-order valence-corrected chi connectivity index (χ2v) is 6.95. The molecule has 0 aromatic carbocycles. The van der Waals surface area contributed by atoms with Crippen LogP contribution >= 0.6 is 0 Å². The van der Waals surface area contributed by atoms with Gasteiger partial charge in [0.15, 0.2) is 0 Å². The number of nitrogens with zero attached hydrogens (tertiary/aromatic N) is 2. The Hall–Kier alpha value is -1.06. The molecule has 108 valence electrons. The SMILES string of the molecule is C[C@H]1CCCCN1C(=O)[C@H]1CC(=O)N(C(C)(C)C)C1. The van der Waals surface area contributed by atoms with Crippen molar-refractivity contribution in [3.05, 3.63) is 0 Å². The standard InChI is InChI=1S/C15H26N2O2/c1-11-7-5-6-8-16(11)14(19)12-9-13(18)17(10-12)15(2,3)4/h11-12H,5-10H2,1-4H3/t11-,12-/m0/s1. The molecule has 2 atom stereocenters. The fraction of sp³-hybridized carbons (Fsp3) is 0.867. The van der Waals surface area contributed by atoms with Gasteiger partial charge in [0.05, 0.1) is 5.92 Å². The highest BCUT2D eigenvalue weighted by Crippen LogP contribution is 2.29. The minimum atomic E-state index is -0.181. The fourth-order valence-electron chi connectivity index (χ4n) is 3.18. The Morgan fingerprint density at radius 1 is 1.26 bits per heavy atom. The highest BCUT2D eigenvalue weighted by molar-refractivity contribution is 5.89. The zero-order chi connectivity index (χ0) is 14.2. The minimum Gasteiger partial charge on any atom is -0.340 e. The van der Waals surface area contributed by atoms with Gasteiger partial charge in [-0.15, -0.1) is 0 Å². The van der Waals surface area contributed by atoms with Crippen molar-refractivity contribution in [1.29, 1.82) is 0 Å². The highest BCUT2D eigenvalue weighted by atomic mass is 16.2. The van der Waals surface area contributed by atoms with Crippen LogP contribution in [0.5, 0.6) is 0 Å². The van der Waals surface area contributed by atoms with Crippen molar-refractivity contribution in [3.8, 4) is 0 Å². The van der Waals surface area contributed by atoms with Gasteiger partial charge in [-0.1, -0.05) is 0 Å². The van der Waals surface area contributed by atoms with Gasteiger partial charge in [-0.05, 0) is 47.0 Å². The largest absolute Gasteiger partial charge is 0.340 e. The second-order valence-electron chi connectivity index (χ2n) is 6.95. The molecular weight excluding hydrogens is 240 g/mol. The van der Waals surface area contributed by atoms with E-state index in [0.717, 1.165) is 19.4 Å². The maximum Gasteiger partial charge on any atom is 0.228 e. The Morgan fingerprint density at radius 3 is 2.47 bits per heavy atom. The van der Waals surface area contributed by atoms with Gasteiger partial charge in [0, 0.05) is 31.1 Å². The zero-order valence-electron chi connectivity index (χ0n) is 12.6. The molecule has 2 amide bonds. The molecule has 4 nitrogen and oxygen atoms in total. The van der Waals surface area contributed by atoms with Crippen molar-refractivity contribution < 1.29 is 9.59 Å². The van der Waals surface area contributed by atoms with E-state index in [2.05, 4.69) is 6.92 Å². The number of carbonyl (C=O) groups excluding carboxylic acids is 2. The molecule has 0 aromatic rings. The zero-order valence-corrected chi connectivity index (χ0v) is 12.6. The van der Waals surface area contributed by atoms with E-state index in [1.54, 1.807) is 0 Å². The van der Waals surface area contributed by atoms with Gasteiger partial charge in [-0.2, -0.15) is 0 Å². The molecule has 0 N–H and O–H groups in total. The van der Waals surface area contributed by atoms with E-state index in [4.69, 9.17) is 0 Å². The number of piperidine rings is 1. The number of hydrogen-bond acceptors (Lipinski definition) is 2. The molecule has 2 saturated heterocycles. The van der Waals surface area contributed by atoms with Crippen LogP contribution in [-0.4, -0.2) is 46.3 Å². The van der Waals surface area contributed by atoms with E-state index in [-0.39, 0.29) is 23.3 Å². The lowest BCUT2D eigenvalue weighted by Gasteiger charge is -2.36. The summed E-state index contributed by atoms with van der Waals surface area (Å²) in [5.74, 6) is 0.176. The van der Waals surface area contributed by atoms with Crippen LogP contribution in [-0.2, 0) is 9.59 Å². The van der Waals surface area contributed by atoms with Gasteiger partial charge in [0.1, 0.15) is 0 Å². The molecule has 2 aliphatic heterocycles. The first-order chi connectivity index (χ1) is 8.80. The third-order valence-corrected chi connectivity index (χ3v) is 4.37. The first-order valence-electron chi connectivity index (χ1n) is 7.41. The normalized spacial score (nSPS) is 28.9. The third kappa shape index (κ3) is 2.93.